The first kappa shape index (κ1) is 18.8. The van der Waals surface area contributed by atoms with Gasteiger partial charge in [0, 0.05) is 16.2 Å². The van der Waals surface area contributed by atoms with E-state index in [1.54, 1.807) is 0 Å². The highest BCUT2D eigenvalue weighted by Gasteiger charge is 2.70. The molecule has 0 aromatic carbocycles. The summed E-state index contributed by atoms with van der Waals surface area (Å²) in [5.74, 6) is 0. The molecule has 0 radical (unpaired) electrons. The van der Waals surface area contributed by atoms with Gasteiger partial charge in [0.1, 0.15) is 6.61 Å². The molecule has 1 unspecified atom stereocenters. The van der Waals surface area contributed by atoms with Gasteiger partial charge >= 0.3 is 9.15 Å². The quantitative estimate of drug-likeness (QED) is 0.480. The van der Waals surface area contributed by atoms with Crippen LogP contribution < -0.4 is 0 Å². The lowest BCUT2D eigenvalue weighted by molar-refractivity contribution is 0.0530. The van der Waals surface area contributed by atoms with E-state index in [4.69, 9.17) is 4.84 Å². The molecule has 0 aliphatic heterocycles. The standard InChI is InChI=1S/C14H27NO4S2/c1-9-19-15-10-11(2,3)12(4,5)13(6,7)14(10,8)20-21(16,17)18/h9H2,1-8H3,(H,16,17,18)/b15-10+. The van der Waals surface area contributed by atoms with Crippen molar-refractivity contribution in [3.63, 3.8) is 0 Å². The highest BCUT2D eigenvalue weighted by Crippen LogP contribution is 2.69. The zero-order chi connectivity index (χ0) is 16.9. The van der Waals surface area contributed by atoms with Gasteiger partial charge in [-0.25, -0.2) is 0 Å². The fourth-order valence-electron chi connectivity index (χ4n) is 3.25. The third kappa shape index (κ3) is 2.61. The van der Waals surface area contributed by atoms with E-state index < -0.39 is 19.3 Å². The van der Waals surface area contributed by atoms with Crippen molar-refractivity contribution >= 4 is 25.7 Å². The van der Waals surface area contributed by atoms with E-state index >= 15 is 0 Å². The highest BCUT2D eigenvalue weighted by molar-refractivity contribution is 8.70. The second-order valence-electron chi connectivity index (χ2n) is 7.28. The molecule has 1 N–H and O–H groups in total. The van der Waals surface area contributed by atoms with Gasteiger partial charge in [-0.3, -0.25) is 4.55 Å². The van der Waals surface area contributed by atoms with E-state index in [1.165, 1.54) is 0 Å². The summed E-state index contributed by atoms with van der Waals surface area (Å²) >= 11 is 0. The number of rotatable bonds is 4. The maximum absolute atomic E-state index is 11.5. The van der Waals surface area contributed by atoms with Gasteiger partial charge in [-0.15, -0.1) is 0 Å². The molecule has 5 nitrogen and oxygen atoms in total. The summed E-state index contributed by atoms with van der Waals surface area (Å²) in [4.78, 5) is 5.25. The average Bonchev–Trinajstić information content (AvgIpc) is 2.31. The van der Waals surface area contributed by atoms with Crippen molar-refractivity contribution in [2.45, 2.75) is 60.1 Å². The molecule has 1 aliphatic rings. The van der Waals surface area contributed by atoms with Gasteiger partial charge in [-0.2, -0.15) is 8.42 Å². The molecule has 1 fully saturated rings. The van der Waals surface area contributed by atoms with Crippen LogP contribution in [0.25, 0.3) is 0 Å². The van der Waals surface area contributed by atoms with Crippen molar-refractivity contribution in [2.75, 3.05) is 6.61 Å². The molecule has 0 spiro atoms. The molecule has 21 heavy (non-hydrogen) atoms. The fourth-order valence-corrected chi connectivity index (χ4v) is 6.63. The zero-order valence-corrected chi connectivity index (χ0v) is 15.8. The molecule has 1 rings (SSSR count). The molecule has 0 bridgehead atoms. The van der Waals surface area contributed by atoms with Crippen LogP contribution in [0, 0.1) is 16.2 Å². The first-order chi connectivity index (χ1) is 9.15. The lowest BCUT2D eigenvalue weighted by Gasteiger charge is -2.46. The predicted octanol–water partition coefficient (Wildman–Crippen LogP) is 3.77. The zero-order valence-electron chi connectivity index (χ0n) is 14.1. The molecule has 1 atom stereocenters. The van der Waals surface area contributed by atoms with Crippen molar-refractivity contribution in [1.82, 2.24) is 0 Å². The van der Waals surface area contributed by atoms with Crippen LogP contribution in [0.2, 0.25) is 0 Å². The van der Waals surface area contributed by atoms with Crippen LogP contribution in [-0.4, -0.2) is 30.0 Å². The summed E-state index contributed by atoms with van der Waals surface area (Å²) in [6.45, 7) is 16.4. The fraction of sp³-hybridized carbons (Fsp3) is 0.929. The van der Waals surface area contributed by atoms with Crippen LogP contribution >= 0.6 is 10.8 Å². The summed E-state index contributed by atoms with van der Waals surface area (Å²) in [6.07, 6.45) is 0. The van der Waals surface area contributed by atoms with Crippen LogP contribution in [0.15, 0.2) is 5.16 Å². The number of hydrogen-bond acceptors (Lipinski definition) is 5. The van der Waals surface area contributed by atoms with Crippen LogP contribution in [0.5, 0.6) is 0 Å². The van der Waals surface area contributed by atoms with Crippen LogP contribution in [-0.2, 0) is 14.0 Å². The summed E-state index contributed by atoms with van der Waals surface area (Å²) in [6, 6.07) is 0. The molecular formula is C14H27NO4S2. The second kappa shape index (κ2) is 5.13. The van der Waals surface area contributed by atoms with E-state index in [0.29, 0.717) is 23.1 Å². The molecular weight excluding hydrogens is 310 g/mol. The molecule has 1 aliphatic carbocycles. The van der Waals surface area contributed by atoms with Gasteiger partial charge in [0.25, 0.3) is 0 Å². The predicted molar refractivity (Wildman–Crippen MR) is 87.9 cm³/mol. The van der Waals surface area contributed by atoms with E-state index in [0.717, 1.165) is 0 Å². The SMILES string of the molecule is CCO/N=C1\C(C)(C)C(C)(C)C(C)(C)C1(C)SS(=O)(=O)O. The maximum Gasteiger partial charge on any atom is 0.320 e. The first-order valence-electron chi connectivity index (χ1n) is 7.04. The summed E-state index contributed by atoms with van der Waals surface area (Å²) in [7, 11) is -3.66. The average molecular weight is 338 g/mol. The minimum absolute atomic E-state index is 0.248. The molecule has 0 aromatic heterocycles. The van der Waals surface area contributed by atoms with Gasteiger partial charge < -0.3 is 4.84 Å². The Bertz CT molecular complexity index is 549. The minimum Gasteiger partial charge on any atom is -0.396 e. The van der Waals surface area contributed by atoms with Crippen LogP contribution in [0.1, 0.15) is 55.4 Å². The number of nitrogens with zero attached hydrogens (tertiary/aromatic N) is 1. The van der Waals surface area contributed by atoms with Gasteiger partial charge in [0.05, 0.1) is 10.5 Å². The maximum atomic E-state index is 11.5. The normalized spacial score (nSPS) is 32.3. The Morgan fingerprint density at radius 3 is 1.95 bits per heavy atom. The van der Waals surface area contributed by atoms with Crippen molar-refractivity contribution in [3.8, 4) is 0 Å². The second-order valence-corrected chi connectivity index (χ2v) is 10.9. The van der Waals surface area contributed by atoms with Crippen LogP contribution in [0.4, 0.5) is 0 Å². The Hall–Kier alpha value is -0.270. The Morgan fingerprint density at radius 2 is 1.57 bits per heavy atom. The monoisotopic (exact) mass is 337 g/mol. The Labute approximate surface area is 132 Å². The van der Waals surface area contributed by atoms with Gasteiger partial charge in [0.15, 0.2) is 0 Å². The van der Waals surface area contributed by atoms with Crippen molar-refractivity contribution in [2.24, 2.45) is 21.4 Å². The van der Waals surface area contributed by atoms with Crippen molar-refractivity contribution in [3.05, 3.63) is 0 Å². The Balaban J connectivity index is 3.63. The lowest BCUT2D eigenvalue weighted by atomic mass is 9.60. The summed E-state index contributed by atoms with van der Waals surface area (Å²) in [5, 5.41) is 4.24. The van der Waals surface area contributed by atoms with Gasteiger partial charge in [-0.05, 0) is 24.7 Å². The number of oxime groups is 1. The summed E-state index contributed by atoms with van der Waals surface area (Å²) < 4.78 is 31.6. The Morgan fingerprint density at radius 1 is 1.10 bits per heavy atom. The summed E-state index contributed by atoms with van der Waals surface area (Å²) in [5.41, 5.74) is -0.394. The van der Waals surface area contributed by atoms with Gasteiger partial charge in [-0.1, -0.05) is 46.7 Å². The van der Waals surface area contributed by atoms with E-state index in [9.17, 15) is 13.0 Å². The van der Waals surface area contributed by atoms with E-state index in [-0.39, 0.29) is 10.8 Å². The van der Waals surface area contributed by atoms with E-state index in [2.05, 4.69) is 19.0 Å². The molecule has 0 saturated heterocycles. The Kier molecular flexibility index (Phi) is 4.59. The molecule has 1 saturated carbocycles. The molecule has 7 heteroatoms. The lowest BCUT2D eigenvalue weighted by Crippen LogP contribution is -2.45. The first-order valence-corrected chi connectivity index (χ1v) is 9.81. The van der Waals surface area contributed by atoms with Crippen molar-refractivity contribution < 1.29 is 17.8 Å². The third-order valence-corrected chi connectivity index (χ3v) is 8.80. The van der Waals surface area contributed by atoms with E-state index in [1.807, 2.05) is 41.5 Å². The van der Waals surface area contributed by atoms with Crippen LogP contribution in [0.3, 0.4) is 0 Å². The largest absolute Gasteiger partial charge is 0.396 e. The molecule has 0 aromatic rings. The third-order valence-electron chi connectivity index (χ3n) is 5.92. The van der Waals surface area contributed by atoms with Gasteiger partial charge in [0.2, 0.25) is 0 Å². The number of hydrogen-bond donors (Lipinski definition) is 1. The molecule has 0 amide bonds. The van der Waals surface area contributed by atoms with Crippen molar-refractivity contribution in [1.29, 1.82) is 0 Å². The molecule has 124 valence electrons. The molecule has 0 heterocycles. The smallest absolute Gasteiger partial charge is 0.320 e. The topological polar surface area (TPSA) is 76.0 Å². The highest BCUT2D eigenvalue weighted by atomic mass is 33.1. The minimum atomic E-state index is -4.22.